The Labute approximate surface area is 360 Å². The van der Waals surface area contributed by atoms with Gasteiger partial charge in [-0.1, -0.05) is 76.2 Å². The number of aromatic nitrogens is 4. The van der Waals surface area contributed by atoms with Crippen LogP contribution in [0.3, 0.4) is 0 Å². The van der Waals surface area contributed by atoms with Crippen molar-refractivity contribution in [2.75, 3.05) is 27.3 Å². The molecular weight excluding hydrogens is 787 g/mol. The van der Waals surface area contributed by atoms with Crippen molar-refractivity contribution in [1.29, 1.82) is 5.26 Å². The van der Waals surface area contributed by atoms with Crippen molar-refractivity contribution in [1.82, 2.24) is 40.4 Å². The zero-order valence-electron chi connectivity index (χ0n) is 35.9. The third kappa shape index (κ3) is 8.33. The maximum Gasteiger partial charge on any atom is 0.407 e. The van der Waals surface area contributed by atoms with Crippen molar-refractivity contribution in [3.8, 4) is 39.7 Å². The summed E-state index contributed by atoms with van der Waals surface area (Å²) in [6.45, 7) is 8.43. The highest BCUT2D eigenvalue weighted by molar-refractivity contribution is 5.91. The molecule has 2 aromatic heterocycles. The number of fused-ring (bicyclic) bond motifs is 1. The number of nitriles is 1. The minimum Gasteiger partial charge on any atom is -0.453 e. The summed E-state index contributed by atoms with van der Waals surface area (Å²) in [5, 5.41) is 17.3. The number of likely N-dealkylation sites (tertiary alicyclic amines) is 2. The quantitative estimate of drug-likeness (QED) is 0.104. The summed E-state index contributed by atoms with van der Waals surface area (Å²) < 4.78 is 9.58. The van der Waals surface area contributed by atoms with E-state index in [2.05, 4.69) is 80.2 Å². The first-order valence-electron chi connectivity index (χ1n) is 21.2. The Hall–Kier alpha value is -6.69. The van der Waals surface area contributed by atoms with Crippen molar-refractivity contribution >= 4 is 34.8 Å². The van der Waals surface area contributed by atoms with Crippen molar-refractivity contribution in [3.63, 3.8) is 0 Å². The predicted molar refractivity (Wildman–Crippen MR) is 232 cm³/mol. The van der Waals surface area contributed by atoms with Crippen molar-refractivity contribution in [2.45, 2.75) is 77.5 Å². The predicted octanol–water partition coefficient (Wildman–Crippen LogP) is 7.51. The molecule has 1 aliphatic carbocycles. The van der Waals surface area contributed by atoms with Crippen LogP contribution in [0.1, 0.15) is 77.1 Å². The van der Waals surface area contributed by atoms with Crippen molar-refractivity contribution < 1.29 is 28.7 Å². The van der Waals surface area contributed by atoms with E-state index in [0.717, 1.165) is 69.5 Å². The monoisotopic (exact) mass is 839 g/mol. The number of rotatable bonds is 11. The number of aromatic amines is 2. The Kier molecular flexibility index (Phi) is 11.5. The standard InChI is InChI=1S/C47H53N9O6/c1-26(2)39(53-45(59)61-5)43(57)55-24-28(21-48)17-37(55)41-49-22-35(51-41)30-9-7-29(8-10-30)31-11-12-33-19-34(14-13-32(33)18-31)36-23-50-42(52-36)38-20-47(15-16-47)25-56(38)44(58)40(27(3)4)54-46(60)62-6/h7-14,18-19,22-23,26-28,37-40H,15-17,20,24-25H2,1-6H3,(H,49,51)(H,50,52)(H,53,59)(H,54,60)/t28-,37+,38+,39?,40+/m1/s1. The van der Waals surface area contributed by atoms with E-state index >= 15 is 0 Å². The molecule has 0 bridgehead atoms. The number of carbonyl (C=O) groups excluding carboxylic acids is 4. The first-order chi connectivity index (χ1) is 29.8. The highest BCUT2D eigenvalue weighted by atomic mass is 16.5. The van der Waals surface area contributed by atoms with Gasteiger partial charge in [0.25, 0.3) is 0 Å². The van der Waals surface area contributed by atoms with Gasteiger partial charge in [-0.25, -0.2) is 19.6 Å². The number of nitrogens with zero attached hydrogens (tertiary/aromatic N) is 5. The Morgan fingerprint density at radius 1 is 0.726 bits per heavy atom. The van der Waals surface area contributed by atoms with E-state index in [4.69, 9.17) is 14.5 Å². The Morgan fingerprint density at radius 3 is 1.77 bits per heavy atom. The fraction of sp³-hybridized carbons (Fsp3) is 0.426. The molecule has 2 saturated heterocycles. The van der Waals surface area contributed by atoms with Crippen LogP contribution in [-0.2, 0) is 19.1 Å². The molecule has 1 spiro atoms. The summed E-state index contributed by atoms with van der Waals surface area (Å²) in [4.78, 5) is 71.7. The number of benzene rings is 3. The van der Waals surface area contributed by atoms with Crippen molar-refractivity contribution in [2.24, 2.45) is 23.2 Å². The number of ether oxygens (including phenoxy) is 2. The first-order valence-corrected chi connectivity index (χ1v) is 21.2. The van der Waals surface area contributed by atoms with E-state index in [1.807, 2.05) is 50.9 Å². The van der Waals surface area contributed by atoms with Gasteiger partial charge in [0.05, 0.1) is 62.1 Å². The van der Waals surface area contributed by atoms with Crippen LogP contribution in [0.25, 0.3) is 44.4 Å². The molecule has 4 amide bonds. The Morgan fingerprint density at radius 2 is 1.23 bits per heavy atom. The van der Waals surface area contributed by atoms with Crippen LogP contribution in [0.5, 0.6) is 0 Å². The van der Waals surface area contributed by atoms with Gasteiger partial charge in [-0.2, -0.15) is 5.26 Å². The molecule has 3 fully saturated rings. The Bertz CT molecular complexity index is 2530. The lowest BCUT2D eigenvalue weighted by atomic mass is 9.98. The first kappa shape index (κ1) is 42.0. The van der Waals surface area contributed by atoms with Crippen molar-refractivity contribution in [3.05, 3.63) is 84.7 Å². The lowest BCUT2D eigenvalue weighted by molar-refractivity contribution is -0.136. The number of amides is 4. The molecule has 322 valence electrons. The molecule has 15 nitrogen and oxygen atoms in total. The average Bonchev–Trinajstić information content (AvgIpc) is 3.78. The van der Waals surface area contributed by atoms with Gasteiger partial charge in [0.15, 0.2) is 0 Å². The third-order valence-corrected chi connectivity index (χ3v) is 12.8. The molecule has 1 unspecified atom stereocenters. The second-order valence-electron chi connectivity index (χ2n) is 17.7. The number of hydrogen-bond acceptors (Lipinski definition) is 9. The van der Waals surface area contributed by atoms with Crippen LogP contribution >= 0.6 is 0 Å². The molecule has 5 aromatic rings. The van der Waals surface area contributed by atoms with E-state index in [0.29, 0.717) is 18.8 Å². The summed E-state index contributed by atoms with van der Waals surface area (Å²) in [5.41, 5.74) is 5.79. The van der Waals surface area contributed by atoms with Gasteiger partial charge >= 0.3 is 12.2 Å². The van der Waals surface area contributed by atoms with Gasteiger partial charge < -0.3 is 39.9 Å². The molecule has 3 aliphatic rings. The Balaban J connectivity index is 0.962. The smallest absolute Gasteiger partial charge is 0.407 e. The van der Waals surface area contributed by atoms with Gasteiger partial charge in [-0.05, 0) is 82.5 Å². The molecule has 15 heteroatoms. The lowest BCUT2D eigenvalue weighted by Crippen LogP contribution is -2.51. The topological polar surface area (TPSA) is 198 Å². The fourth-order valence-electron chi connectivity index (χ4n) is 9.00. The summed E-state index contributed by atoms with van der Waals surface area (Å²) >= 11 is 0. The van der Waals surface area contributed by atoms with Gasteiger partial charge in [-0.3, -0.25) is 9.59 Å². The zero-order valence-corrected chi connectivity index (χ0v) is 35.9. The van der Waals surface area contributed by atoms with E-state index < -0.39 is 30.3 Å². The largest absolute Gasteiger partial charge is 0.453 e. The van der Waals surface area contributed by atoms with Gasteiger partial charge in [-0.15, -0.1) is 0 Å². The molecule has 5 atom stereocenters. The molecule has 4 N–H and O–H groups in total. The summed E-state index contributed by atoms with van der Waals surface area (Å²) in [6, 6.07) is 21.1. The third-order valence-electron chi connectivity index (χ3n) is 12.8. The molecule has 62 heavy (non-hydrogen) atoms. The van der Waals surface area contributed by atoms with Crippen LogP contribution in [0, 0.1) is 34.5 Å². The van der Waals surface area contributed by atoms with Gasteiger partial charge in [0.1, 0.15) is 23.7 Å². The maximum absolute atomic E-state index is 13.9. The number of hydrogen-bond donors (Lipinski definition) is 4. The molecule has 3 aromatic carbocycles. The minimum absolute atomic E-state index is 0.110. The second kappa shape index (κ2) is 17.0. The molecule has 0 radical (unpaired) electrons. The number of H-pyrrole nitrogens is 2. The van der Waals surface area contributed by atoms with Gasteiger partial charge in [0, 0.05) is 18.7 Å². The van der Waals surface area contributed by atoms with E-state index in [9.17, 15) is 24.4 Å². The number of methoxy groups -OCH3 is 2. The molecule has 1 saturated carbocycles. The molecule has 4 heterocycles. The highest BCUT2D eigenvalue weighted by Crippen LogP contribution is 2.58. The van der Waals surface area contributed by atoms with E-state index in [1.165, 1.54) is 14.2 Å². The van der Waals surface area contributed by atoms with E-state index in [-0.39, 0.29) is 47.6 Å². The summed E-state index contributed by atoms with van der Waals surface area (Å²) in [7, 11) is 2.56. The number of imidazole rings is 2. The fourth-order valence-corrected chi connectivity index (χ4v) is 9.00. The molecular formula is C47H53N9O6. The summed E-state index contributed by atoms with van der Waals surface area (Å²) in [6.07, 6.45) is 5.70. The van der Waals surface area contributed by atoms with Gasteiger partial charge in [0.2, 0.25) is 11.8 Å². The number of nitrogens with one attached hydrogen (secondary N) is 4. The second-order valence-corrected chi connectivity index (χ2v) is 17.7. The zero-order chi connectivity index (χ0) is 43.9. The lowest BCUT2D eigenvalue weighted by Gasteiger charge is -2.30. The molecule has 8 rings (SSSR count). The SMILES string of the molecule is COC(=O)NC(C(=O)N1C[C@@H](C#N)C[C@H]1c1ncc(-c2ccc(-c3ccc4cc(-c5cnc([C@@H]6CC7(CC7)CN6C(=O)[C@@H](NC(=O)OC)C(C)C)[nH]5)ccc4c3)cc2)[nH]1)C(C)C. The van der Waals surface area contributed by atoms with Crippen LogP contribution in [0.4, 0.5) is 9.59 Å². The normalized spacial score (nSPS) is 20.0. The van der Waals surface area contributed by atoms with Crippen LogP contribution in [0.15, 0.2) is 73.1 Å². The number of carbonyl (C=O) groups is 4. The molecule has 2 aliphatic heterocycles. The minimum atomic E-state index is -0.808. The van der Waals surface area contributed by atoms with Crippen LogP contribution in [0.2, 0.25) is 0 Å². The summed E-state index contributed by atoms with van der Waals surface area (Å²) in [5.74, 6) is 0.263. The van der Waals surface area contributed by atoms with Crippen LogP contribution < -0.4 is 10.6 Å². The van der Waals surface area contributed by atoms with Crippen LogP contribution in [-0.4, -0.2) is 93.1 Å². The number of alkyl carbamates (subject to hydrolysis) is 2. The average molecular weight is 840 g/mol. The van der Waals surface area contributed by atoms with E-state index in [1.54, 1.807) is 11.1 Å². The highest BCUT2D eigenvalue weighted by Gasteiger charge is 2.55. The maximum atomic E-state index is 13.9.